The Kier molecular flexibility index (Phi) is 8.80. The average Bonchev–Trinajstić information content (AvgIpc) is 3.32. The van der Waals surface area contributed by atoms with E-state index in [1.165, 1.54) is 12.1 Å². The van der Waals surface area contributed by atoms with E-state index in [1.54, 1.807) is 22.9 Å². The topological polar surface area (TPSA) is 93.0 Å². The van der Waals surface area contributed by atoms with E-state index in [0.29, 0.717) is 17.4 Å². The van der Waals surface area contributed by atoms with Gasteiger partial charge in [-0.25, -0.2) is 14.5 Å². The van der Waals surface area contributed by atoms with Gasteiger partial charge in [0.15, 0.2) is 11.3 Å². The SMILES string of the molecule is CC.O=C(O)c1cc(N2CCC(N3CCOCC3)CC2)c2c(C3CCC3)nn(-c3cccc(OC(F)F)c3)c2n1. The quantitative estimate of drug-likeness (QED) is 0.418. The summed E-state index contributed by atoms with van der Waals surface area (Å²) in [6, 6.07) is 8.43. The molecule has 3 aliphatic rings. The molecule has 1 aliphatic carbocycles. The second-order valence-corrected chi connectivity index (χ2v) is 10.2. The smallest absolute Gasteiger partial charge is 0.387 e. The number of anilines is 1. The van der Waals surface area contributed by atoms with Gasteiger partial charge in [-0.1, -0.05) is 26.3 Å². The minimum Gasteiger partial charge on any atom is -0.477 e. The highest BCUT2D eigenvalue weighted by Crippen LogP contribution is 2.43. The summed E-state index contributed by atoms with van der Waals surface area (Å²) in [5, 5.41) is 15.7. The summed E-state index contributed by atoms with van der Waals surface area (Å²) in [6.45, 7) is 6.07. The lowest BCUT2D eigenvalue weighted by atomic mass is 9.82. The van der Waals surface area contributed by atoms with E-state index < -0.39 is 12.6 Å². The Bertz CT molecular complexity index is 1320. The lowest BCUT2D eigenvalue weighted by molar-refractivity contribution is -0.0498. The van der Waals surface area contributed by atoms with E-state index in [2.05, 4.69) is 19.5 Å². The highest BCUT2D eigenvalue weighted by molar-refractivity contribution is 5.98. The molecule has 0 atom stereocenters. The molecular formula is C29H37F2N5O4. The maximum Gasteiger partial charge on any atom is 0.387 e. The molecule has 3 aromatic rings. The molecule has 6 rings (SSSR count). The minimum absolute atomic E-state index is 0.00569. The number of hydrogen-bond donors (Lipinski definition) is 1. The molecular weight excluding hydrogens is 520 g/mol. The van der Waals surface area contributed by atoms with Gasteiger partial charge in [0, 0.05) is 44.2 Å². The number of carboxylic acid groups (broad SMARTS) is 1. The van der Waals surface area contributed by atoms with Crippen molar-refractivity contribution in [3.63, 3.8) is 0 Å². The molecule has 40 heavy (non-hydrogen) atoms. The molecule has 2 aliphatic heterocycles. The van der Waals surface area contributed by atoms with Crippen molar-refractivity contribution in [2.24, 2.45) is 0 Å². The van der Waals surface area contributed by atoms with Gasteiger partial charge in [0.05, 0.1) is 35.7 Å². The van der Waals surface area contributed by atoms with E-state index in [-0.39, 0.29) is 17.4 Å². The summed E-state index contributed by atoms with van der Waals surface area (Å²) < 4.78 is 37.5. The first kappa shape index (κ1) is 28.2. The zero-order valence-electron chi connectivity index (χ0n) is 23.1. The number of morpholine rings is 1. The molecule has 1 saturated carbocycles. The Morgan fingerprint density at radius 2 is 1.80 bits per heavy atom. The molecule has 0 amide bonds. The number of piperidine rings is 1. The van der Waals surface area contributed by atoms with Gasteiger partial charge in [-0.05, 0) is 43.9 Å². The molecule has 1 N–H and O–H groups in total. The Hall–Kier alpha value is -3.31. The molecule has 1 aromatic carbocycles. The number of nitrogens with zero attached hydrogens (tertiary/aromatic N) is 5. The number of aromatic nitrogens is 3. The van der Waals surface area contributed by atoms with Crippen LogP contribution < -0.4 is 9.64 Å². The van der Waals surface area contributed by atoms with Crippen LogP contribution in [0.4, 0.5) is 14.5 Å². The van der Waals surface area contributed by atoms with Crippen LogP contribution in [0.1, 0.15) is 68.1 Å². The number of pyridine rings is 1. The molecule has 0 spiro atoms. The first-order valence-electron chi connectivity index (χ1n) is 14.3. The maximum absolute atomic E-state index is 12.9. The van der Waals surface area contributed by atoms with Gasteiger partial charge in [0.2, 0.25) is 0 Å². The van der Waals surface area contributed by atoms with Gasteiger partial charge in [0.25, 0.3) is 0 Å². The standard InChI is InChI=1S/C27H31F2N5O4.C2H6/c28-27(29)38-20-6-2-5-19(15-20)34-25-23(24(31-34)17-3-1-4-17)22(16-21(30-25)26(35)36)33-9-7-18(8-10-33)32-11-13-37-14-12-32;1-2/h2,5-6,15-18,27H,1,3-4,7-14H2,(H,35,36);1-2H3. The number of fused-ring (bicyclic) bond motifs is 1. The highest BCUT2D eigenvalue weighted by atomic mass is 19.3. The zero-order valence-corrected chi connectivity index (χ0v) is 23.1. The molecule has 4 heterocycles. The van der Waals surface area contributed by atoms with Crippen molar-refractivity contribution >= 4 is 22.7 Å². The summed E-state index contributed by atoms with van der Waals surface area (Å²) in [4.78, 5) is 21.4. The van der Waals surface area contributed by atoms with E-state index in [1.807, 2.05) is 13.8 Å². The van der Waals surface area contributed by atoms with E-state index in [0.717, 1.165) is 88.3 Å². The van der Waals surface area contributed by atoms with Gasteiger partial charge in [-0.3, -0.25) is 4.90 Å². The van der Waals surface area contributed by atoms with Crippen molar-refractivity contribution in [1.82, 2.24) is 19.7 Å². The Labute approximate surface area is 232 Å². The maximum atomic E-state index is 12.9. The Morgan fingerprint density at radius 1 is 1.07 bits per heavy atom. The number of carboxylic acids is 1. The summed E-state index contributed by atoms with van der Waals surface area (Å²) in [6.07, 6.45) is 5.07. The van der Waals surface area contributed by atoms with Crippen molar-refractivity contribution < 1.29 is 28.2 Å². The predicted molar refractivity (Wildman–Crippen MR) is 148 cm³/mol. The monoisotopic (exact) mass is 557 g/mol. The van der Waals surface area contributed by atoms with Crippen molar-refractivity contribution in [2.45, 2.75) is 64.5 Å². The molecule has 0 radical (unpaired) electrons. The molecule has 0 unspecified atom stereocenters. The molecule has 0 bridgehead atoms. The van der Waals surface area contributed by atoms with Crippen molar-refractivity contribution in [2.75, 3.05) is 44.3 Å². The summed E-state index contributed by atoms with van der Waals surface area (Å²) in [5.74, 6) is -0.864. The number of carbonyl (C=O) groups is 1. The van der Waals surface area contributed by atoms with E-state index in [9.17, 15) is 18.7 Å². The van der Waals surface area contributed by atoms with Crippen LogP contribution in [0, 0.1) is 0 Å². The van der Waals surface area contributed by atoms with Gasteiger partial charge in [0.1, 0.15) is 5.75 Å². The third-order valence-electron chi connectivity index (χ3n) is 8.01. The molecule has 3 fully saturated rings. The molecule has 11 heteroatoms. The first-order chi connectivity index (χ1) is 19.5. The number of aromatic carboxylic acids is 1. The van der Waals surface area contributed by atoms with Gasteiger partial charge in [-0.15, -0.1) is 0 Å². The molecule has 2 saturated heterocycles. The fourth-order valence-corrected chi connectivity index (χ4v) is 5.84. The number of rotatable bonds is 7. The van der Waals surface area contributed by atoms with Crippen molar-refractivity contribution in [3.05, 3.63) is 41.7 Å². The lowest BCUT2D eigenvalue weighted by Gasteiger charge is -2.41. The van der Waals surface area contributed by atoms with Crippen LogP contribution in [0.15, 0.2) is 30.3 Å². The van der Waals surface area contributed by atoms with Gasteiger partial charge < -0.3 is 19.5 Å². The summed E-state index contributed by atoms with van der Waals surface area (Å²) in [7, 11) is 0. The second kappa shape index (κ2) is 12.5. The zero-order chi connectivity index (χ0) is 28.2. The van der Waals surface area contributed by atoms with Crippen LogP contribution in [-0.2, 0) is 4.74 Å². The summed E-state index contributed by atoms with van der Waals surface area (Å²) in [5.41, 5.74) is 2.57. The third-order valence-corrected chi connectivity index (χ3v) is 8.01. The normalized spacial score (nSPS) is 18.9. The van der Waals surface area contributed by atoms with Crippen LogP contribution >= 0.6 is 0 Å². The van der Waals surface area contributed by atoms with Crippen molar-refractivity contribution in [3.8, 4) is 11.4 Å². The summed E-state index contributed by atoms with van der Waals surface area (Å²) >= 11 is 0. The molecule has 2 aromatic heterocycles. The molecule has 9 nitrogen and oxygen atoms in total. The minimum atomic E-state index is -2.95. The van der Waals surface area contributed by atoms with E-state index in [4.69, 9.17) is 9.84 Å². The fourth-order valence-electron chi connectivity index (χ4n) is 5.84. The number of hydrogen-bond acceptors (Lipinski definition) is 7. The second-order valence-electron chi connectivity index (χ2n) is 10.2. The number of ether oxygens (including phenoxy) is 2. The molecule has 216 valence electrons. The average molecular weight is 558 g/mol. The fraction of sp³-hybridized carbons (Fsp3) is 0.552. The highest BCUT2D eigenvalue weighted by Gasteiger charge is 2.32. The third kappa shape index (κ3) is 5.76. The van der Waals surface area contributed by atoms with Crippen molar-refractivity contribution in [1.29, 1.82) is 0 Å². The number of halogens is 2. The van der Waals surface area contributed by atoms with Gasteiger partial charge >= 0.3 is 12.6 Å². The lowest BCUT2D eigenvalue weighted by Crippen LogP contribution is -2.49. The van der Waals surface area contributed by atoms with E-state index >= 15 is 0 Å². The number of benzene rings is 1. The van der Waals surface area contributed by atoms with Crippen LogP contribution in [0.25, 0.3) is 16.7 Å². The van der Waals surface area contributed by atoms with Crippen LogP contribution in [0.3, 0.4) is 0 Å². The largest absolute Gasteiger partial charge is 0.477 e. The van der Waals surface area contributed by atoms with Gasteiger partial charge in [-0.2, -0.15) is 13.9 Å². The van der Waals surface area contributed by atoms with Crippen LogP contribution in [0.2, 0.25) is 0 Å². The van der Waals surface area contributed by atoms with Crippen LogP contribution in [-0.4, -0.2) is 82.8 Å². The predicted octanol–water partition coefficient (Wildman–Crippen LogP) is 5.31. The van der Waals surface area contributed by atoms with Crippen LogP contribution in [0.5, 0.6) is 5.75 Å². The first-order valence-corrected chi connectivity index (χ1v) is 14.3. The Balaban J connectivity index is 0.00000158. The number of alkyl halides is 2. The Morgan fingerprint density at radius 3 is 2.42 bits per heavy atom.